The summed E-state index contributed by atoms with van der Waals surface area (Å²) in [5, 5.41) is 20.3. The van der Waals surface area contributed by atoms with E-state index in [9.17, 15) is 19.8 Å². The van der Waals surface area contributed by atoms with Gasteiger partial charge in [0.1, 0.15) is 30.1 Å². The lowest BCUT2D eigenvalue weighted by molar-refractivity contribution is -0.384. The molecule has 1 aromatic heterocycles. The lowest BCUT2D eigenvalue weighted by atomic mass is 10.1. The van der Waals surface area contributed by atoms with E-state index in [0.717, 1.165) is 11.1 Å². The van der Waals surface area contributed by atoms with Gasteiger partial charge in [0.15, 0.2) is 0 Å². The van der Waals surface area contributed by atoms with Crippen LogP contribution in [-0.4, -0.2) is 14.9 Å². The smallest absolute Gasteiger partial charge is 0.269 e. The number of aromatic amines is 1. The van der Waals surface area contributed by atoms with E-state index in [1.54, 1.807) is 42.5 Å². The molecule has 0 atom stereocenters. The third-order valence-corrected chi connectivity index (χ3v) is 5.25. The number of hydrogen-bond donors (Lipinski definition) is 1. The van der Waals surface area contributed by atoms with E-state index in [-0.39, 0.29) is 18.1 Å². The number of fused-ring (bicyclic) bond motifs is 1. The Bertz CT molecular complexity index is 1390. The van der Waals surface area contributed by atoms with Crippen molar-refractivity contribution in [2.45, 2.75) is 6.61 Å². The summed E-state index contributed by atoms with van der Waals surface area (Å²) in [5.74, 6) is 0.546. The van der Waals surface area contributed by atoms with Crippen LogP contribution < -0.4 is 4.74 Å². The van der Waals surface area contributed by atoms with Gasteiger partial charge in [0.25, 0.3) is 5.69 Å². The number of ether oxygens (including phenoxy) is 1. The van der Waals surface area contributed by atoms with Crippen molar-refractivity contribution >= 4 is 44.3 Å². The van der Waals surface area contributed by atoms with Crippen LogP contribution in [-0.2, 0) is 6.61 Å². The summed E-state index contributed by atoms with van der Waals surface area (Å²) < 4.78 is 19.9. The number of non-ortho nitro benzene ring substituents is 1. The van der Waals surface area contributed by atoms with E-state index >= 15 is 0 Å². The van der Waals surface area contributed by atoms with Crippen molar-refractivity contribution in [2.24, 2.45) is 0 Å². The second kappa shape index (κ2) is 8.99. The fourth-order valence-corrected chi connectivity index (χ4v) is 3.54. The van der Waals surface area contributed by atoms with Crippen molar-refractivity contribution in [2.75, 3.05) is 0 Å². The first-order valence-corrected chi connectivity index (χ1v) is 10.2. The Morgan fingerprint density at radius 3 is 2.69 bits per heavy atom. The van der Waals surface area contributed by atoms with Gasteiger partial charge in [-0.25, -0.2) is 9.37 Å². The minimum atomic E-state index is -0.452. The van der Waals surface area contributed by atoms with Gasteiger partial charge >= 0.3 is 0 Å². The van der Waals surface area contributed by atoms with Gasteiger partial charge in [-0.15, -0.1) is 0 Å². The first-order valence-electron chi connectivity index (χ1n) is 9.36. The molecular weight excluding hydrogens is 479 g/mol. The molecule has 1 N–H and O–H groups in total. The lowest BCUT2D eigenvalue weighted by Crippen LogP contribution is -1.97. The van der Waals surface area contributed by atoms with Crippen LogP contribution in [0.25, 0.3) is 22.7 Å². The van der Waals surface area contributed by atoms with Crippen LogP contribution in [0.3, 0.4) is 0 Å². The van der Waals surface area contributed by atoms with E-state index in [4.69, 9.17) is 4.74 Å². The van der Waals surface area contributed by atoms with Crippen LogP contribution in [0.2, 0.25) is 0 Å². The molecule has 0 fully saturated rings. The first-order chi connectivity index (χ1) is 15.4. The standard InChI is InChI=1S/C23H14BrFN4O3/c24-19-10-15(3-8-22(19)32-13-14-1-5-18(6-2-14)29(30)31)9-16(12-26)23-27-20-7-4-17(25)11-21(20)28-23/h1-11H,13H2,(H,27,28)/b16-9-. The topological polar surface area (TPSA) is 105 Å². The van der Waals surface area contributed by atoms with Crippen molar-refractivity contribution < 1.29 is 14.1 Å². The molecule has 0 aliphatic carbocycles. The number of aromatic nitrogens is 2. The summed E-state index contributed by atoms with van der Waals surface area (Å²) in [4.78, 5) is 17.6. The minimum Gasteiger partial charge on any atom is -0.488 e. The quantitative estimate of drug-likeness (QED) is 0.201. The number of nitrogens with one attached hydrogen (secondary N) is 1. The minimum absolute atomic E-state index is 0.0222. The van der Waals surface area contributed by atoms with Gasteiger partial charge in [-0.3, -0.25) is 10.1 Å². The number of nitro groups is 1. The maximum atomic E-state index is 13.4. The zero-order valence-electron chi connectivity index (χ0n) is 16.4. The molecule has 4 rings (SSSR count). The number of imidazole rings is 1. The molecule has 1 heterocycles. The third kappa shape index (κ3) is 4.66. The maximum Gasteiger partial charge on any atom is 0.269 e. The number of nitrogens with zero attached hydrogens (tertiary/aromatic N) is 3. The number of halogens is 2. The van der Waals surface area contributed by atoms with E-state index in [1.165, 1.54) is 24.3 Å². The van der Waals surface area contributed by atoms with Crippen molar-refractivity contribution in [3.8, 4) is 11.8 Å². The predicted molar refractivity (Wildman–Crippen MR) is 121 cm³/mol. The van der Waals surface area contributed by atoms with Gasteiger partial charge in [-0.2, -0.15) is 5.26 Å². The Labute approximate surface area is 190 Å². The Balaban J connectivity index is 1.51. The van der Waals surface area contributed by atoms with Crippen LogP contribution in [0.4, 0.5) is 10.1 Å². The van der Waals surface area contributed by atoms with Gasteiger partial charge in [-0.05, 0) is 75.6 Å². The molecule has 3 aromatic carbocycles. The zero-order valence-corrected chi connectivity index (χ0v) is 18.0. The largest absolute Gasteiger partial charge is 0.488 e. The molecule has 32 heavy (non-hydrogen) atoms. The van der Waals surface area contributed by atoms with Crippen LogP contribution in [0.15, 0.2) is 65.1 Å². The number of benzene rings is 3. The van der Waals surface area contributed by atoms with Crippen LogP contribution in [0.1, 0.15) is 17.0 Å². The summed E-state index contributed by atoms with van der Waals surface area (Å²) in [6, 6.07) is 17.8. The lowest BCUT2D eigenvalue weighted by Gasteiger charge is -2.09. The highest BCUT2D eigenvalue weighted by Gasteiger charge is 2.10. The molecule has 0 bridgehead atoms. The highest BCUT2D eigenvalue weighted by molar-refractivity contribution is 9.10. The molecule has 0 radical (unpaired) electrons. The summed E-state index contributed by atoms with van der Waals surface area (Å²) in [6.07, 6.45) is 1.67. The normalized spacial score (nSPS) is 11.3. The molecule has 4 aromatic rings. The zero-order chi connectivity index (χ0) is 22.7. The maximum absolute atomic E-state index is 13.4. The molecule has 0 aliphatic heterocycles. The van der Waals surface area contributed by atoms with Crippen molar-refractivity contribution in [3.63, 3.8) is 0 Å². The highest BCUT2D eigenvalue weighted by atomic mass is 79.9. The SMILES string of the molecule is N#C/C(=C/c1ccc(OCc2ccc([N+](=O)[O-])cc2)c(Br)c1)c1nc2ccc(F)cc2[nH]1. The molecule has 0 unspecified atom stereocenters. The molecule has 0 saturated heterocycles. The van der Waals surface area contributed by atoms with E-state index in [1.807, 2.05) is 0 Å². The number of allylic oxidation sites excluding steroid dienone is 1. The number of nitriles is 1. The second-order valence-corrected chi connectivity index (χ2v) is 7.67. The fourth-order valence-electron chi connectivity index (χ4n) is 3.03. The van der Waals surface area contributed by atoms with Crippen molar-refractivity contribution in [3.05, 3.63) is 98.0 Å². The fraction of sp³-hybridized carbons (Fsp3) is 0.0435. The number of H-pyrrole nitrogens is 1. The molecule has 0 amide bonds. The Morgan fingerprint density at radius 1 is 1.22 bits per heavy atom. The predicted octanol–water partition coefficient (Wildman–Crippen LogP) is 6.02. The van der Waals surface area contributed by atoms with Gasteiger partial charge in [0.05, 0.1) is 26.0 Å². The van der Waals surface area contributed by atoms with Crippen molar-refractivity contribution in [1.29, 1.82) is 5.26 Å². The molecule has 9 heteroatoms. The van der Waals surface area contributed by atoms with Crippen LogP contribution in [0.5, 0.6) is 5.75 Å². The molecule has 158 valence electrons. The number of rotatable bonds is 6. The molecular formula is C23H14BrFN4O3. The monoisotopic (exact) mass is 492 g/mol. The molecule has 0 saturated carbocycles. The van der Waals surface area contributed by atoms with E-state index in [0.29, 0.717) is 32.7 Å². The highest BCUT2D eigenvalue weighted by Crippen LogP contribution is 2.29. The number of hydrogen-bond acceptors (Lipinski definition) is 5. The van der Waals surface area contributed by atoms with E-state index < -0.39 is 4.92 Å². The second-order valence-electron chi connectivity index (χ2n) is 6.82. The molecule has 0 aliphatic rings. The average molecular weight is 493 g/mol. The summed E-state index contributed by atoms with van der Waals surface area (Å²) in [7, 11) is 0. The summed E-state index contributed by atoms with van der Waals surface area (Å²) in [6.45, 7) is 0.241. The van der Waals surface area contributed by atoms with Crippen molar-refractivity contribution in [1.82, 2.24) is 9.97 Å². The van der Waals surface area contributed by atoms with Crippen LogP contribution >= 0.6 is 15.9 Å². The Morgan fingerprint density at radius 2 is 2.00 bits per heavy atom. The Kier molecular flexibility index (Phi) is 5.96. The molecule has 0 spiro atoms. The Hall–Kier alpha value is -4.03. The van der Waals surface area contributed by atoms with Gasteiger partial charge in [-0.1, -0.05) is 6.07 Å². The third-order valence-electron chi connectivity index (χ3n) is 4.63. The summed E-state index contributed by atoms with van der Waals surface area (Å²) >= 11 is 3.46. The first kappa shape index (κ1) is 21.2. The van der Waals surface area contributed by atoms with E-state index in [2.05, 4.69) is 32.0 Å². The van der Waals surface area contributed by atoms with Gasteiger partial charge in [0, 0.05) is 12.1 Å². The summed E-state index contributed by atoms with van der Waals surface area (Å²) in [5.41, 5.74) is 2.93. The van der Waals surface area contributed by atoms with Gasteiger partial charge in [0.2, 0.25) is 0 Å². The number of nitro benzene ring substituents is 1. The van der Waals surface area contributed by atoms with Gasteiger partial charge < -0.3 is 9.72 Å². The van der Waals surface area contributed by atoms with Crippen LogP contribution in [0, 0.1) is 27.3 Å². The molecule has 7 nitrogen and oxygen atoms in total. The average Bonchev–Trinajstić information content (AvgIpc) is 3.20.